The van der Waals surface area contributed by atoms with Gasteiger partial charge in [0.1, 0.15) is 5.58 Å². The molecule has 0 aliphatic rings. The summed E-state index contributed by atoms with van der Waals surface area (Å²) in [5, 5.41) is 3.93. The lowest BCUT2D eigenvalue weighted by Crippen LogP contribution is -2.12. The van der Waals surface area contributed by atoms with E-state index in [9.17, 15) is 4.79 Å². The van der Waals surface area contributed by atoms with Crippen LogP contribution in [0.1, 0.15) is 39.7 Å². The van der Waals surface area contributed by atoms with E-state index < -0.39 is 0 Å². The van der Waals surface area contributed by atoms with Gasteiger partial charge in [-0.15, -0.1) is 0 Å². The largest absolute Gasteiger partial charge is 0.451 e. The summed E-state index contributed by atoms with van der Waals surface area (Å²) in [7, 11) is 0. The number of amides is 1. The Morgan fingerprint density at radius 3 is 2.52 bits per heavy atom. The molecule has 1 N–H and O–H groups in total. The minimum Gasteiger partial charge on any atom is -0.451 e. The van der Waals surface area contributed by atoms with E-state index in [0.29, 0.717) is 5.76 Å². The summed E-state index contributed by atoms with van der Waals surface area (Å²) in [5.41, 5.74) is 6.02. The molecule has 3 aromatic rings. The molecule has 1 aromatic heterocycles. The Labute approximate surface area is 136 Å². The molecular weight excluding hydrogens is 286 g/mol. The number of carbonyl (C=O) groups is 1. The van der Waals surface area contributed by atoms with Gasteiger partial charge < -0.3 is 9.73 Å². The molecule has 1 amide bonds. The van der Waals surface area contributed by atoms with E-state index in [4.69, 9.17) is 4.42 Å². The van der Waals surface area contributed by atoms with Gasteiger partial charge in [0.25, 0.3) is 5.91 Å². The standard InChI is InChI=1S/C20H21NO2/c1-5-15-7-9-18-17(11-15)14(4)19(23-18)20(22)21-16-8-6-12(2)13(3)10-16/h6-11H,5H2,1-4H3,(H,21,22). The Kier molecular flexibility index (Phi) is 3.95. The molecule has 0 fully saturated rings. The van der Waals surface area contributed by atoms with Crippen molar-refractivity contribution in [1.82, 2.24) is 0 Å². The molecule has 0 atom stereocenters. The van der Waals surface area contributed by atoms with E-state index in [0.717, 1.165) is 34.2 Å². The third-order valence-corrected chi connectivity index (χ3v) is 4.38. The number of carbonyl (C=O) groups excluding carboxylic acids is 1. The number of hydrogen-bond donors (Lipinski definition) is 1. The molecule has 3 heteroatoms. The molecule has 3 nitrogen and oxygen atoms in total. The van der Waals surface area contributed by atoms with Crippen LogP contribution in [0.25, 0.3) is 11.0 Å². The monoisotopic (exact) mass is 307 g/mol. The summed E-state index contributed by atoms with van der Waals surface area (Å²) in [6, 6.07) is 12.0. The molecule has 0 saturated heterocycles. The predicted molar refractivity (Wildman–Crippen MR) is 94.2 cm³/mol. The highest BCUT2D eigenvalue weighted by atomic mass is 16.3. The van der Waals surface area contributed by atoms with Crippen LogP contribution in [0.5, 0.6) is 0 Å². The number of nitrogens with one attached hydrogen (secondary N) is 1. The zero-order valence-electron chi connectivity index (χ0n) is 14.0. The smallest absolute Gasteiger partial charge is 0.291 e. The third kappa shape index (κ3) is 2.87. The fourth-order valence-electron chi connectivity index (χ4n) is 2.71. The minimum atomic E-state index is -0.208. The van der Waals surface area contributed by atoms with E-state index in [1.54, 1.807) is 0 Å². The van der Waals surface area contributed by atoms with Crippen LogP contribution >= 0.6 is 0 Å². The van der Waals surface area contributed by atoms with Crippen molar-refractivity contribution < 1.29 is 9.21 Å². The molecule has 0 bridgehead atoms. The Balaban J connectivity index is 1.94. The first-order valence-corrected chi connectivity index (χ1v) is 7.90. The van der Waals surface area contributed by atoms with Crippen LogP contribution in [0.4, 0.5) is 5.69 Å². The highest BCUT2D eigenvalue weighted by Crippen LogP contribution is 2.27. The van der Waals surface area contributed by atoms with Crippen molar-refractivity contribution in [3.63, 3.8) is 0 Å². The van der Waals surface area contributed by atoms with Crippen LogP contribution in [0.3, 0.4) is 0 Å². The number of anilines is 1. The summed E-state index contributed by atoms with van der Waals surface area (Å²) in [4.78, 5) is 12.6. The second kappa shape index (κ2) is 5.92. The van der Waals surface area contributed by atoms with Crippen LogP contribution in [-0.4, -0.2) is 5.91 Å². The van der Waals surface area contributed by atoms with E-state index in [2.05, 4.69) is 25.2 Å². The molecule has 118 valence electrons. The van der Waals surface area contributed by atoms with E-state index >= 15 is 0 Å². The third-order valence-electron chi connectivity index (χ3n) is 4.38. The maximum atomic E-state index is 12.6. The zero-order valence-corrected chi connectivity index (χ0v) is 14.0. The number of benzene rings is 2. The Bertz CT molecular complexity index is 890. The Hall–Kier alpha value is -2.55. The minimum absolute atomic E-state index is 0.208. The predicted octanol–water partition coefficient (Wildman–Crippen LogP) is 5.17. The highest BCUT2D eigenvalue weighted by molar-refractivity contribution is 6.06. The van der Waals surface area contributed by atoms with Crippen LogP contribution in [-0.2, 0) is 6.42 Å². The summed E-state index contributed by atoms with van der Waals surface area (Å²) in [6.07, 6.45) is 0.963. The van der Waals surface area contributed by atoms with Crippen LogP contribution in [0, 0.1) is 20.8 Å². The first-order chi connectivity index (χ1) is 11.0. The molecule has 1 heterocycles. The summed E-state index contributed by atoms with van der Waals surface area (Å²) < 4.78 is 5.77. The van der Waals surface area contributed by atoms with Gasteiger partial charge in [-0.05, 0) is 68.1 Å². The summed E-state index contributed by atoms with van der Waals surface area (Å²) >= 11 is 0. The number of aryl methyl sites for hydroxylation is 4. The molecular formula is C20H21NO2. The molecule has 23 heavy (non-hydrogen) atoms. The second-order valence-corrected chi connectivity index (χ2v) is 5.99. The fraction of sp³-hybridized carbons (Fsp3) is 0.250. The number of furan rings is 1. The molecule has 0 spiro atoms. The number of rotatable bonds is 3. The van der Waals surface area contributed by atoms with Crippen molar-refractivity contribution in [2.75, 3.05) is 5.32 Å². The maximum Gasteiger partial charge on any atom is 0.291 e. The lowest BCUT2D eigenvalue weighted by Gasteiger charge is -2.06. The van der Waals surface area contributed by atoms with Crippen molar-refractivity contribution in [3.8, 4) is 0 Å². The van der Waals surface area contributed by atoms with E-state index in [1.165, 1.54) is 11.1 Å². The van der Waals surface area contributed by atoms with Gasteiger partial charge in [0.05, 0.1) is 0 Å². The lowest BCUT2D eigenvalue weighted by atomic mass is 10.1. The molecule has 0 unspecified atom stereocenters. The highest BCUT2D eigenvalue weighted by Gasteiger charge is 2.18. The molecule has 0 saturated carbocycles. The van der Waals surface area contributed by atoms with Gasteiger partial charge in [-0.2, -0.15) is 0 Å². The first-order valence-electron chi connectivity index (χ1n) is 7.90. The summed E-state index contributed by atoms with van der Waals surface area (Å²) in [5.74, 6) is 0.173. The topological polar surface area (TPSA) is 42.2 Å². The fourth-order valence-corrected chi connectivity index (χ4v) is 2.71. The molecule has 0 aliphatic carbocycles. The van der Waals surface area contributed by atoms with E-state index in [1.807, 2.05) is 44.2 Å². The number of fused-ring (bicyclic) bond motifs is 1. The van der Waals surface area contributed by atoms with Crippen molar-refractivity contribution in [3.05, 3.63) is 64.4 Å². The van der Waals surface area contributed by atoms with Crippen molar-refractivity contribution >= 4 is 22.6 Å². The van der Waals surface area contributed by atoms with E-state index in [-0.39, 0.29) is 5.91 Å². The van der Waals surface area contributed by atoms with Gasteiger partial charge in [0.15, 0.2) is 5.76 Å². The maximum absolute atomic E-state index is 12.6. The number of hydrogen-bond acceptors (Lipinski definition) is 2. The molecule has 0 radical (unpaired) electrons. The average molecular weight is 307 g/mol. The van der Waals surface area contributed by atoms with Crippen LogP contribution in [0.15, 0.2) is 40.8 Å². The molecule has 2 aromatic carbocycles. The first kappa shape index (κ1) is 15.3. The molecule has 0 aliphatic heterocycles. The SMILES string of the molecule is CCc1ccc2oc(C(=O)Nc3ccc(C)c(C)c3)c(C)c2c1. The van der Waals surface area contributed by atoms with Crippen molar-refractivity contribution in [2.45, 2.75) is 34.1 Å². The van der Waals surface area contributed by atoms with Gasteiger partial charge in [-0.3, -0.25) is 4.79 Å². The summed E-state index contributed by atoms with van der Waals surface area (Å²) in [6.45, 7) is 8.13. The Morgan fingerprint density at radius 2 is 1.83 bits per heavy atom. The second-order valence-electron chi connectivity index (χ2n) is 5.99. The van der Waals surface area contributed by atoms with Gasteiger partial charge >= 0.3 is 0 Å². The van der Waals surface area contributed by atoms with Gasteiger partial charge in [0.2, 0.25) is 0 Å². The van der Waals surface area contributed by atoms with Gasteiger partial charge in [-0.25, -0.2) is 0 Å². The lowest BCUT2D eigenvalue weighted by molar-refractivity contribution is 0.0998. The van der Waals surface area contributed by atoms with Crippen LogP contribution in [0.2, 0.25) is 0 Å². The quantitative estimate of drug-likeness (QED) is 0.725. The Morgan fingerprint density at radius 1 is 1.04 bits per heavy atom. The van der Waals surface area contributed by atoms with Crippen LogP contribution < -0.4 is 5.32 Å². The van der Waals surface area contributed by atoms with Gasteiger partial charge in [-0.1, -0.05) is 19.1 Å². The average Bonchev–Trinajstić information content (AvgIpc) is 2.87. The van der Waals surface area contributed by atoms with Gasteiger partial charge in [0, 0.05) is 16.6 Å². The van der Waals surface area contributed by atoms with Crippen molar-refractivity contribution in [2.24, 2.45) is 0 Å². The normalized spacial score (nSPS) is 11.0. The van der Waals surface area contributed by atoms with Crippen molar-refractivity contribution in [1.29, 1.82) is 0 Å². The zero-order chi connectivity index (χ0) is 16.6. The molecule has 3 rings (SSSR count).